The van der Waals surface area contributed by atoms with Gasteiger partial charge in [0.1, 0.15) is 11.5 Å². The maximum Gasteiger partial charge on any atom is 0.243 e. The number of furan rings is 1. The molecule has 0 radical (unpaired) electrons. The van der Waals surface area contributed by atoms with Crippen molar-refractivity contribution < 1.29 is 17.6 Å². The van der Waals surface area contributed by atoms with Gasteiger partial charge in [0.05, 0.1) is 23.1 Å². The van der Waals surface area contributed by atoms with Crippen LogP contribution in [-0.4, -0.2) is 37.2 Å². The summed E-state index contributed by atoms with van der Waals surface area (Å²) in [5.41, 5.74) is 0.942. The average molecular weight is 416 g/mol. The number of nitrogens with zero attached hydrogens (tertiary/aromatic N) is 3. The monoisotopic (exact) mass is 416 g/mol. The van der Waals surface area contributed by atoms with Crippen LogP contribution in [0, 0.1) is 18.3 Å². The third-order valence-electron chi connectivity index (χ3n) is 3.80. The molecular formula is C18H16N4O4S2. The molecule has 0 fully saturated rings. The topological polar surface area (TPSA) is 116 Å². The number of hydrogen-bond donors (Lipinski definition) is 1. The molecule has 3 rings (SSSR count). The molecule has 0 aliphatic rings. The normalized spacial score (nSPS) is 11.4. The van der Waals surface area contributed by atoms with Gasteiger partial charge < -0.3 is 9.73 Å². The summed E-state index contributed by atoms with van der Waals surface area (Å²) in [5.74, 6) is 0.828. The Bertz CT molecular complexity index is 1140. The highest BCUT2D eigenvalue weighted by Crippen LogP contribution is 2.26. The summed E-state index contributed by atoms with van der Waals surface area (Å²) in [5, 5.41) is 13.5. The molecule has 8 nitrogen and oxygen atoms in total. The second-order valence-electron chi connectivity index (χ2n) is 5.89. The summed E-state index contributed by atoms with van der Waals surface area (Å²) in [7, 11) is -2.54. The molecule has 0 spiro atoms. The summed E-state index contributed by atoms with van der Waals surface area (Å²) in [6, 6.07) is 11.0. The van der Waals surface area contributed by atoms with Gasteiger partial charge in [0, 0.05) is 12.4 Å². The van der Waals surface area contributed by atoms with Crippen LogP contribution in [-0.2, 0) is 14.8 Å². The minimum Gasteiger partial charge on any atom is -0.460 e. The average Bonchev–Trinajstić information content (AvgIpc) is 3.30. The third-order valence-corrected chi connectivity index (χ3v) is 6.38. The van der Waals surface area contributed by atoms with Crippen LogP contribution >= 0.6 is 11.3 Å². The van der Waals surface area contributed by atoms with Gasteiger partial charge in [0.15, 0.2) is 10.9 Å². The Morgan fingerprint density at radius 2 is 2.00 bits per heavy atom. The fourth-order valence-electron chi connectivity index (χ4n) is 2.34. The van der Waals surface area contributed by atoms with E-state index in [4.69, 9.17) is 9.68 Å². The first-order chi connectivity index (χ1) is 13.3. The maximum atomic E-state index is 12.5. The molecule has 144 valence electrons. The number of thiazole rings is 1. The van der Waals surface area contributed by atoms with E-state index in [2.05, 4.69) is 10.3 Å². The molecule has 0 bridgehead atoms. The largest absolute Gasteiger partial charge is 0.460 e. The highest BCUT2D eigenvalue weighted by atomic mass is 32.2. The van der Waals surface area contributed by atoms with Crippen molar-refractivity contribution in [2.75, 3.05) is 18.9 Å². The molecule has 1 N–H and O–H groups in total. The fraction of sp³-hybridized carbons (Fsp3) is 0.167. The zero-order valence-corrected chi connectivity index (χ0v) is 16.7. The zero-order chi connectivity index (χ0) is 20.3. The summed E-state index contributed by atoms with van der Waals surface area (Å²) in [4.78, 5) is 16.5. The van der Waals surface area contributed by atoms with Crippen LogP contribution in [0.4, 0.5) is 5.13 Å². The molecule has 0 unspecified atom stereocenters. The van der Waals surface area contributed by atoms with Crippen molar-refractivity contribution in [3.8, 4) is 17.5 Å². The standard InChI is InChI=1S/C18H16N4O4S2/c1-12-3-8-16(26-12)15-11-27-18(20-15)21-17(23)10-22(2)28(24,25)14-6-4-13(9-19)5-7-14/h3-8,11H,10H2,1-2H3,(H,20,21,23). The number of likely N-dealkylation sites (N-methyl/N-ethyl adjacent to an activating group) is 1. The van der Waals surface area contributed by atoms with Crippen LogP contribution in [0.2, 0.25) is 0 Å². The Labute approximate surface area is 166 Å². The van der Waals surface area contributed by atoms with E-state index in [9.17, 15) is 13.2 Å². The molecule has 2 aromatic heterocycles. The molecule has 0 aliphatic carbocycles. The molecule has 0 saturated carbocycles. The Balaban J connectivity index is 1.65. The van der Waals surface area contributed by atoms with Crippen molar-refractivity contribution in [1.82, 2.24) is 9.29 Å². The summed E-state index contributed by atoms with van der Waals surface area (Å²) < 4.78 is 31.5. The predicted octanol–water partition coefficient (Wildman–Crippen LogP) is 2.84. The maximum absolute atomic E-state index is 12.5. The van der Waals surface area contributed by atoms with Gasteiger partial charge in [-0.15, -0.1) is 11.3 Å². The van der Waals surface area contributed by atoms with Crippen LogP contribution in [0.25, 0.3) is 11.5 Å². The molecular weight excluding hydrogens is 400 g/mol. The lowest BCUT2D eigenvalue weighted by Gasteiger charge is -2.16. The minimum atomic E-state index is -3.86. The zero-order valence-electron chi connectivity index (χ0n) is 15.0. The van der Waals surface area contributed by atoms with E-state index in [0.717, 1.165) is 10.1 Å². The summed E-state index contributed by atoms with van der Waals surface area (Å²) >= 11 is 1.22. The van der Waals surface area contributed by atoms with E-state index >= 15 is 0 Å². The van der Waals surface area contributed by atoms with Gasteiger partial charge in [0.25, 0.3) is 0 Å². The molecule has 1 amide bonds. The van der Waals surface area contributed by atoms with Crippen molar-refractivity contribution in [3.63, 3.8) is 0 Å². The lowest BCUT2D eigenvalue weighted by atomic mass is 10.2. The van der Waals surface area contributed by atoms with Crippen molar-refractivity contribution in [2.45, 2.75) is 11.8 Å². The number of rotatable bonds is 6. The molecule has 0 aliphatic heterocycles. The van der Waals surface area contributed by atoms with E-state index in [-0.39, 0.29) is 11.4 Å². The minimum absolute atomic E-state index is 0.00604. The number of sulfonamides is 1. The molecule has 10 heteroatoms. The number of carbonyl (C=O) groups excluding carboxylic acids is 1. The van der Waals surface area contributed by atoms with Crippen molar-refractivity contribution in [1.29, 1.82) is 5.26 Å². The quantitative estimate of drug-likeness (QED) is 0.660. The second-order valence-corrected chi connectivity index (χ2v) is 8.80. The van der Waals surface area contributed by atoms with Crippen molar-refractivity contribution in [3.05, 3.63) is 53.1 Å². The van der Waals surface area contributed by atoms with E-state index in [1.807, 2.05) is 19.1 Å². The summed E-state index contributed by atoms with van der Waals surface area (Å²) in [6.07, 6.45) is 0. The Kier molecular flexibility index (Phi) is 5.60. The van der Waals surface area contributed by atoms with E-state index in [1.165, 1.54) is 42.6 Å². The first-order valence-electron chi connectivity index (χ1n) is 8.08. The van der Waals surface area contributed by atoms with Crippen molar-refractivity contribution >= 4 is 32.4 Å². The summed E-state index contributed by atoms with van der Waals surface area (Å²) in [6.45, 7) is 1.44. The first kappa shape index (κ1) is 19.8. The number of amides is 1. The lowest BCUT2D eigenvalue weighted by molar-refractivity contribution is -0.116. The van der Waals surface area contributed by atoms with Gasteiger partial charge in [-0.25, -0.2) is 13.4 Å². The fourth-order valence-corrected chi connectivity index (χ4v) is 4.19. The third kappa shape index (κ3) is 4.28. The second kappa shape index (κ2) is 7.93. The number of nitrogens with one attached hydrogen (secondary N) is 1. The van der Waals surface area contributed by atoms with Crippen molar-refractivity contribution in [2.24, 2.45) is 0 Å². The molecule has 0 atom stereocenters. The first-order valence-corrected chi connectivity index (χ1v) is 10.4. The Hall–Kier alpha value is -3.00. The van der Waals surface area contributed by atoms with E-state index < -0.39 is 15.9 Å². The van der Waals surface area contributed by atoms with Gasteiger partial charge >= 0.3 is 0 Å². The highest BCUT2D eigenvalue weighted by molar-refractivity contribution is 7.89. The number of hydrogen-bond acceptors (Lipinski definition) is 7. The number of aryl methyl sites for hydroxylation is 1. The smallest absolute Gasteiger partial charge is 0.243 e. The lowest BCUT2D eigenvalue weighted by Crippen LogP contribution is -2.34. The van der Waals surface area contributed by atoms with E-state index in [0.29, 0.717) is 22.1 Å². The molecule has 0 saturated heterocycles. The highest BCUT2D eigenvalue weighted by Gasteiger charge is 2.23. The Morgan fingerprint density at radius 3 is 2.61 bits per heavy atom. The number of carbonyl (C=O) groups is 1. The molecule has 3 aromatic rings. The van der Waals surface area contributed by atoms with Gasteiger partial charge in [-0.3, -0.25) is 4.79 Å². The molecule has 2 heterocycles. The van der Waals surface area contributed by atoms with Crippen LogP contribution in [0.5, 0.6) is 0 Å². The molecule has 28 heavy (non-hydrogen) atoms. The SMILES string of the molecule is Cc1ccc(-c2csc(NC(=O)CN(C)S(=O)(=O)c3ccc(C#N)cc3)n2)o1. The molecule has 1 aromatic carbocycles. The van der Waals surface area contributed by atoms with Gasteiger partial charge in [-0.05, 0) is 43.3 Å². The number of benzene rings is 1. The predicted molar refractivity (Wildman–Crippen MR) is 104 cm³/mol. The number of aromatic nitrogens is 1. The van der Waals surface area contributed by atoms with E-state index in [1.54, 1.807) is 11.4 Å². The van der Waals surface area contributed by atoms with Crippen LogP contribution in [0.1, 0.15) is 11.3 Å². The van der Waals surface area contributed by atoms with Crippen LogP contribution in [0.3, 0.4) is 0 Å². The Morgan fingerprint density at radius 1 is 1.29 bits per heavy atom. The van der Waals surface area contributed by atoms with Gasteiger partial charge in [0.2, 0.25) is 15.9 Å². The van der Waals surface area contributed by atoms with Gasteiger partial charge in [-0.1, -0.05) is 0 Å². The number of nitriles is 1. The van der Waals surface area contributed by atoms with Gasteiger partial charge in [-0.2, -0.15) is 9.57 Å². The van der Waals surface area contributed by atoms with Crippen LogP contribution in [0.15, 0.2) is 51.1 Å². The number of anilines is 1. The van der Waals surface area contributed by atoms with Crippen LogP contribution < -0.4 is 5.32 Å².